The molecule has 5 N–H and O–H groups in total. The number of fused-ring (bicyclic) bond motifs is 3. The van der Waals surface area contributed by atoms with Crippen molar-refractivity contribution in [3.05, 3.63) is 53.3 Å². The van der Waals surface area contributed by atoms with Crippen LogP contribution in [0.4, 0.5) is 5.82 Å². The largest absolute Gasteiger partial charge is 0.524 e. The van der Waals surface area contributed by atoms with E-state index in [1.54, 1.807) is 12.1 Å². The molecule has 0 atom stereocenters. The Hall–Kier alpha value is -3.79. The highest BCUT2D eigenvalue weighted by molar-refractivity contribution is 7.46. The molecule has 0 aliphatic rings. The number of aromatic hydroxyl groups is 1. The number of imidazole rings is 1. The Labute approximate surface area is 224 Å². The first-order valence-electron chi connectivity index (χ1n) is 12.5. The monoisotopic (exact) mass is 555 g/mol. The van der Waals surface area contributed by atoms with E-state index < -0.39 is 7.82 Å². The van der Waals surface area contributed by atoms with E-state index in [0.29, 0.717) is 42.7 Å². The van der Waals surface area contributed by atoms with Crippen molar-refractivity contribution in [3.8, 4) is 11.5 Å². The molecule has 0 aliphatic carbocycles. The maximum Gasteiger partial charge on any atom is 0.524 e. The van der Waals surface area contributed by atoms with Gasteiger partial charge in [0, 0.05) is 17.4 Å². The summed E-state index contributed by atoms with van der Waals surface area (Å²) in [6, 6.07) is 10.3. The maximum atomic E-state index is 11.6. The van der Waals surface area contributed by atoms with Gasteiger partial charge in [0.1, 0.15) is 11.3 Å². The van der Waals surface area contributed by atoms with Crippen molar-refractivity contribution in [2.45, 2.75) is 39.2 Å². The van der Waals surface area contributed by atoms with Gasteiger partial charge in [-0.15, -0.1) is 0 Å². The molecule has 39 heavy (non-hydrogen) atoms. The smallest absolute Gasteiger partial charge is 0.504 e. The fourth-order valence-electron chi connectivity index (χ4n) is 4.39. The molecule has 4 rings (SSSR count). The number of nitrogens with zero attached hydrogens (tertiary/aromatic N) is 4. The van der Waals surface area contributed by atoms with E-state index in [9.17, 15) is 24.3 Å². The second kappa shape index (κ2) is 12.4. The lowest BCUT2D eigenvalue weighted by molar-refractivity contribution is 0.145. The minimum Gasteiger partial charge on any atom is -0.504 e. The van der Waals surface area contributed by atoms with Crippen molar-refractivity contribution >= 4 is 41.7 Å². The van der Waals surface area contributed by atoms with E-state index in [-0.39, 0.29) is 30.4 Å². The normalized spacial score (nSPS) is 11.7. The Morgan fingerprint density at radius 1 is 1.15 bits per heavy atom. The summed E-state index contributed by atoms with van der Waals surface area (Å²) in [6.07, 6.45) is 4.51. The SMILES string of the molecule is CCCCc1nc2c(N)nc3ccc(CCOCCN=C=O)cc3c2n1Cc1cccc(O)c1OP(=O)(O)O. The van der Waals surface area contributed by atoms with Crippen LogP contribution in [0.15, 0.2) is 41.4 Å². The number of aromatic nitrogens is 3. The molecule has 206 valence electrons. The number of benzene rings is 2. The van der Waals surface area contributed by atoms with Crippen molar-refractivity contribution in [1.82, 2.24) is 14.5 Å². The summed E-state index contributed by atoms with van der Waals surface area (Å²) in [5, 5.41) is 11.2. The molecule has 13 heteroatoms. The van der Waals surface area contributed by atoms with Crippen LogP contribution in [0.1, 0.15) is 36.7 Å². The molecule has 0 saturated heterocycles. The lowest BCUT2D eigenvalue weighted by Crippen LogP contribution is -2.08. The topological polar surface area (TPSA) is 182 Å². The van der Waals surface area contributed by atoms with Crippen molar-refractivity contribution < 1.29 is 33.5 Å². The van der Waals surface area contributed by atoms with Crippen LogP contribution in [-0.4, -0.2) is 55.3 Å². The molecule has 0 radical (unpaired) electrons. The van der Waals surface area contributed by atoms with Gasteiger partial charge in [-0.25, -0.2) is 24.3 Å². The fraction of sp³-hybridized carbons (Fsp3) is 0.346. The Kier molecular flexibility index (Phi) is 8.96. The third kappa shape index (κ3) is 6.81. The quantitative estimate of drug-likeness (QED) is 0.0822. The number of phenols is 1. The van der Waals surface area contributed by atoms with Crippen LogP contribution in [0.25, 0.3) is 21.9 Å². The Morgan fingerprint density at radius 2 is 1.97 bits per heavy atom. The summed E-state index contributed by atoms with van der Waals surface area (Å²) in [5.74, 6) is 0.311. The van der Waals surface area contributed by atoms with Crippen LogP contribution in [0, 0.1) is 0 Å². The molecule has 2 aromatic heterocycles. The number of pyridine rings is 1. The summed E-state index contributed by atoms with van der Waals surface area (Å²) in [7, 11) is -4.93. The van der Waals surface area contributed by atoms with Gasteiger partial charge < -0.3 is 24.7 Å². The highest BCUT2D eigenvalue weighted by Crippen LogP contribution is 2.44. The second-order valence-electron chi connectivity index (χ2n) is 8.95. The number of unbranched alkanes of at least 4 members (excludes halogenated alkanes) is 1. The van der Waals surface area contributed by atoms with Gasteiger partial charge in [0.05, 0.1) is 37.3 Å². The summed E-state index contributed by atoms with van der Waals surface area (Å²) < 4.78 is 24.0. The zero-order valence-electron chi connectivity index (χ0n) is 21.4. The van der Waals surface area contributed by atoms with Crippen LogP contribution in [0.2, 0.25) is 0 Å². The van der Waals surface area contributed by atoms with Gasteiger partial charge in [-0.3, -0.25) is 9.79 Å². The number of phenolic OH excluding ortho intramolecular Hbond substituents is 1. The van der Waals surface area contributed by atoms with E-state index >= 15 is 0 Å². The number of isocyanates is 1. The van der Waals surface area contributed by atoms with Gasteiger partial charge in [0.2, 0.25) is 6.08 Å². The average Bonchev–Trinajstić information content (AvgIpc) is 3.25. The van der Waals surface area contributed by atoms with E-state index in [0.717, 1.165) is 35.1 Å². The number of aliphatic imine (C=N–C) groups is 1. The summed E-state index contributed by atoms with van der Waals surface area (Å²) >= 11 is 0. The summed E-state index contributed by atoms with van der Waals surface area (Å²) in [5.41, 5.74) is 9.58. The van der Waals surface area contributed by atoms with E-state index in [2.05, 4.69) is 16.9 Å². The Balaban J connectivity index is 1.81. The zero-order valence-corrected chi connectivity index (χ0v) is 22.3. The molecular formula is C26H30N5O7P. The van der Waals surface area contributed by atoms with Crippen molar-refractivity contribution in [2.24, 2.45) is 4.99 Å². The third-order valence-electron chi connectivity index (χ3n) is 6.16. The summed E-state index contributed by atoms with van der Waals surface area (Å²) in [6.45, 7) is 3.19. The van der Waals surface area contributed by atoms with E-state index in [4.69, 9.17) is 20.0 Å². The van der Waals surface area contributed by atoms with Crippen molar-refractivity contribution in [2.75, 3.05) is 25.5 Å². The van der Waals surface area contributed by atoms with Gasteiger partial charge in [-0.2, -0.15) is 0 Å². The standard InChI is InChI=1S/C26H30N5O7P/c1-2-3-7-22-30-23-24(31(22)15-18-5-4-6-21(33)25(18)38-39(34,35)36)19-14-17(8-9-20(19)29-26(23)27)10-12-37-13-11-28-16-32/h4-6,8-9,14,33H,2-3,7,10-13,15H2,1H3,(H2,27,29)(H2,34,35,36). The number of nitrogen functional groups attached to an aromatic ring is 1. The van der Waals surface area contributed by atoms with Gasteiger partial charge in [-0.05, 0) is 36.6 Å². The van der Waals surface area contributed by atoms with E-state index in [1.165, 1.54) is 12.1 Å². The molecule has 0 bridgehead atoms. The van der Waals surface area contributed by atoms with Crippen LogP contribution < -0.4 is 10.3 Å². The predicted molar refractivity (Wildman–Crippen MR) is 145 cm³/mol. The fourth-order valence-corrected chi connectivity index (χ4v) is 4.84. The molecule has 4 aromatic rings. The van der Waals surface area contributed by atoms with Gasteiger partial charge in [0.25, 0.3) is 0 Å². The second-order valence-corrected chi connectivity index (χ2v) is 10.1. The first-order chi connectivity index (χ1) is 18.7. The molecule has 0 aliphatic heterocycles. The molecule has 0 spiro atoms. The summed E-state index contributed by atoms with van der Waals surface area (Å²) in [4.78, 5) is 41.9. The maximum absolute atomic E-state index is 11.6. The number of ether oxygens (including phenoxy) is 1. The number of aryl methyl sites for hydroxylation is 1. The first-order valence-corrected chi connectivity index (χ1v) is 14.0. The van der Waals surface area contributed by atoms with Gasteiger partial charge in [0.15, 0.2) is 17.3 Å². The highest BCUT2D eigenvalue weighted by Gasteiger charge is 2.24. The number of hydrogen-bond acceptors (Lipinski definition) is 9. The first kappa shape index (κ1) is 28.2. The van der Waals surface area contributed by atoms with Gasteiger partial charge >= 0.3 is 7.82 Å². The molecule has 0 amide bonds. The highest BCUT2D eigenvalue weighted by atomic mass is 31.2. The molecular weight excluding hydrogens is 525 g/mol. The Bertz CT molecular complexity index is 1580. The van der Waals surface area contributed by atoms with Crippen molar-refractivity contribution in [1.29, 1.82) is 0 Å². The number of phosphoric ester groups is 1. The van der Waals surface area contributed by atoms with Crippen molar-refractivity contribution in [3.63, 3.8) is 0 Å². The minimum atomic E-state index is -4.93. The number of para-hydroxylation sites is 1. The average molecular weight is 556 g/mol. The lowest BCUT2D eigenvalue weighted by atomic mass is 10.1. The van der Waals surface area contributed by atoms with Gasteiger partial charge in [-0.1, -0.05) is 31.5 Å². The molecule has 0 fully saturated rings. The Morgan fingerprint density at radius 3 is 2.72 bits per heavy atom. The molecule has 2 heterocycles. The number of carbonyl (C=O) groups excluding carboxylic acids is 1. The molecule has 12 nitrogen and oxygen atoms in total. The predicted octanol–water partition coefficient (Wildman–Crippen LogP) is 3.63. The third-order valence-corrected chi connectivity index (χ3v) is 6.58. The van der Waals surface area contributed by atoms with Crippen LogP contribution in [0.3, 0.4) is 0 Å². The molecule has 0 unspecified atom stereocenters. The molecule has 0 saturated carbocycles. The number of phosphoric acid groups is 1. The van der Waals surface area contributed by atoms with Crippen LogP contribution >= 0.6 is 7.82 Å². The number of anilines is 1. The minimum absolute atomic E-state index is 0.114. The number of hydrogen-bond donors (Lipinski definition) is 4. The van der Waals surface area contributed by atoms with Crippen LogP contribution in [-0.2, 0) is 33.5 Å². The number of rotatable bonds is 13. The lowest BCUT2D eigenvalue weighted by Gasteiger charge is -2.16. The molecule has 2 aromatic carbocycles. The number of nitrogens with two attached hydrogens (primary N) is 1. The van der Waals surface area contributed by atoms with E-state index in [1.807, 2.05) is 22.8 Å². The zero-order chi connectivity index (χ0) is 28.0. The van der Waals surface area contributed by atoms with Crippen LogP contribution in [0.5, 0.6) is 11.5 Å².